The molecule has 0 heterocycles. The van der Waals surface area contributed by atoms with Crippen molar-refractivity contribution in [2.24, 2.45) is 11.8 Å². The van der Waals surface area contributed by atoms with Crippen molar-refractivity contribution in [1.29, 1.82) is 0 Å². The van der Waals surface area contributed by atoms with E-state index in [0.29, 0.717) is 12.5 Å². The number of hydrogen-bond acceptors (Lipinski definition) is 3. The first kappa shape index (κ1) is 13.0. The van der Waals surface area contributed by atoms with Crippen LogP contribution in [0.1, 0.15) is 32.6 Å². The summed E-state index contributed by atoms with van der Waals surface area (Å²) in [4.78, 5) is 24.7. The van der Waals surface area contributed by atoms with Crippen molar-refractivity contribution in [2.75, 3.05) is 20.7 Å². The second-order valence-electron chi connectivity index (χ2n) is 4.60. The van der Waals surface area contributed by atoms with Crippen molar-refractivity contribution in [3.63, 3.8) is 0 Å². The Balaban J connectivity index is 2.38. The summed E-state index contributed by atoms with van der Waals surface area (Å²) in [6, 6.07) is 0. The Kier molecular flexibility index (Phi) is 4.77. The van der Waals surface area contributed by atoms with E-state index in [0.717, 1.165) is 19.3 Å². The minimum absolute atomic E-state index is 0.155. The molecule has 2 atom stereocenters. The standard InChI is InChI=1S/C12H21NO3/c1-9-5-4-6-10(9)12(15)13(2)8-7-11(14)16-3/h9-10H,4-8H2,1-3H3. The lowest BCUT2D eigenvalue weighted by Gasteiger charge is -2.23. The third-order valence-corrected chi connectivity index (χ3v) is 3.43. The summed E-state index contributed by atoms with van der Waals surface area (Å²) in [6.07, 6.45) is 3.55. The van der Waals surface area contributed by atoms with E-state index in [-0.39, 0.29) is 24.2 Å². The van der Waals surface area contributed by atoms with Crippen LogP contribution < -0.4 is 0 Å². The number of carbonyl (C=O) groups excluding carboxylic acids is 2. The van der Waals surface area contributed by atoms with Crippen molar-refractivity contribution < 1.29 is 14.3 Å². The molecule has 0 radical (unpaired) electrons. The highest BCUT2D eigenvalue weighted by Gasteiger charge is 2.31. The Bertz CT molecular complexity index is 265. The van der Waals surface area contributed by atoms with Gasteiger partial charge in [-0.1, -0.05) is 13.3 Å². The number of ether oxygens (including phenoxy) is 1. The average Bonchev–Trinajstić information content (AvgIpc) is 2.70. The van der Waals surface area contributed by atoms with Crippen molar-refractivity contribution in [2.45, 2.75) is 32.6 Å². The third-order valence-electron chi connectivity index (χ3n) is 3.43. The van der Waals surface area contributed by atoms with Crippen LogP contribution in [0.2, 0.25) is 0 Å². The van der Waals surface area contributed by atoms with Gasteiger partial charge in [0.25, 0.3) is 0 Å². The van der Waals surface area contributed by atoms with Gasteiger partial charge in [0.1, 0.15) is 0 Å². The minimum atomic E-state index is -0.265. The number of rotatable bonds is 4. The van der Waals surface area contributed by atoms with Gasteiger partial charge < -0.3 is 9.64 Å². The maximum atomic E-state index is 12.0. The molecule has 2 unspecified atom stereocenters. The molecule has 0 bridgehead atoms. The number of nitrogens with zero attached hydrogens (tertiary/aromatic N) is 1. The highest BCUT2D eigenvalue weighted by molar-refractivity contribution is 5.79. The van der Waals surface area contributed by atoms with E-state index in [1.54, 1.807) is 11.9 Å². The fourth-order valence-electron chi connectivity index (χ4n) is 2.27. The Labute approximate surface area is 96.9 Å². The first-order valence-corrected chi connectivity index (χ1v) is 5.88. The number of methoxy groups -OCH3 is 1. The van der Waals surface area contributed by atoms with Gasteiger partial charge in [0.2, 0.25) is 5.91 Å². The molecule has 1 aliphatic rings. The molecule has 1 rings (SSSR count). The molecule has 0 aromatic rings. The zero-order valence-electron chi connectivity index (χ0n) is 10.4. The number of hydrogen-bond donors (Lipinski definition) is 0. The van der Waals surface area contributed by atoms with Gasteiger partial charge in [0, 0.05) is 19.5 Å². The number of amides is 1. The van der Waals surface area contributed by atoms with E-state index in [1.807, 2.05) is 0 Å². The van der Waals surface area contributed by atoms with Crippen LogP contribution in [-0.4, -0.2) is 37.5 Å². The van der Waals surface area contributed by atoms with Gasteiger partial charge in [-0.3, -0.25) is 9.59 Å². The minimum Gasteiger partial charge on any atom is -0.469 e. The Hall–Kier alpha value is -1.06. The first-order valence-electron chi connectivity index (χ1n) is 5.88. The summed E-state index contributed by atoms with van der Waals surface area (Å²) in [5, 5.41) is 0. The van der Waals surface area contributed by atoms with E-state index in [4.69, 9.17) is 0 Å². The van der Waals surface area contributed by atoms with Gasteiger partial charge in [-0.05, 0) is 18.8 Å². The lowest BCUT2D eigenvalue weighted by atomic mass is 9.97. The maximum Gasteiger partial charge on any atom is 0.307 e. The second kappa shape index (κ2) is 5.87. The van der Waals surface area contributed by atoms with E-state index in [2.05, 4.69) is 11.7 Å². The Morgan fingerprint density at radius 1 is 1.38 bits per heavy atom. The predicted octanol–water partition coefficient (Wildman–Crippen LogP) is 1.44. The lowest BCUT2D eigenvalue weighted by Crippen LogP contribution is -2.35. The lowest BCUT2D eigenvalue weighted by molar-refractivity contribution is -0.142. The molecule has 0 N–H and O–H groups in total. The second-order valence-corrected chi connectivity index (χ2v) is 4.60. The molecule has 4 nitrogen and oxygen atoms in total. The van der Waals surface area contributed by atoms with Crippen LogP contribution in [0.5, 0.6) is 0 Å². The monoisotopic (exact) mass is 227 g/mol. The van der Waals surface area contributed by atoms with Crippen LogP contribution in [0.15, 0.2) is 0 Å². The topological polar surface area (TPSA) is 46.6 Å². The van der Waals surface area contributed by atoms with E-state index < -0.39 is 0 Å². The number of carbonyl (C=O) groups is 2. The highest BCUT2D eigenvalue weighted by Crippen LogP contribution is 2.32. The molecule has 0 aromatic carbocycles. The summed E-state index contributed by atoms with van der Waals surface area (Å²) in [5.41, 5.74) is 0. The van der Waals surface area contributed by atoms with Crippen LogP contribution in [0.4, 0.5) is 0 Å². The molecule has 0 aliphatic heterocycles. The van der Waals surface area contributed by atoms with Gasteiger partial charge in [-0.15, -0.1) is 0 Å². The Morgan fingerprint density at radius 2 is 2.06 bits per heavy atom. The molecular weight excluding hydrogens is 206 g/mol. The van der Waals surface area contributed by atoms with Crippen molar-refractivity contribution in [3.8, 4) is 0 Å². The molecule has 1 aliphatic carbocycles. The summed E-state index contributed by atoms with van der Waals surface area (Å²) in [6.45, 7) is 2.58. The third kappa shape index (κ3) is 3.22. The van der Waals surface area contributed by atoms with Gasteiger partial charge >= 0.3 is 5.97 Å². The molecule has 4 heteroatoms. The van der Waals surface area contributed by atoms with Crippen LogP contribution in [0.25, 0.3) is 0 Å². The zero-order valence-corrected chi connectivity index (χ0v) is 10.4. The van der Waals surface area contributed by atoms with Crippen molar-refractivity contribution in [3.05, 3.63) is 0 Å². The summed E-state index contributed by atoms with van der Waals surface area (Å²) >= 11 is 0. The maximum absolute atomic E-state index is 12.0. The fourth-order valence-corrected chi connectivity index (χ4v) is 2.27. The smallest absolute Gasteiger partial charge is 0.307 e. The summed E-state index contributed by atoms with van der Waals surface area (Å²) in [5.74, 6) is 0.545. The van der Waals surface area contributed by atoms with E-state index in [1.165, 1.54) is 7.11 Å². The van der Waals surface area contributed by atoms with Crippen molar-refractivity contribution in [1.82, 2.24) is 4.90 Å². The molecule has 1 saturated carbocycles. The molecule has 1 amide bonds. The zero-order chi connectivity index (χ0) is 12.1. The molecule has 16 heavy (non-hydrogen) atoms. The van der Waals surface area contributed by atoms with Crippen LogP contribution in [0, 0.1) is 11.8 Å². The molecule has 0 aromatic heterocycles. The van der Waals surface area contributed by atoms with Crippen LogP contribution in [0.3, 0.4) is 0 Å². The SMILES string of the molecule is COC(=O)CCN(C)C(=O)C1CCCC1C. The average molecular weight is 227 g/mol. The fraction of sp³-hybridized carbons (Fsp3) is 0.833. The van der Waals surface area contributed by atoms with E-state index >= 15 is 0 Å². The Morgan fingerprint density at radius 3 is 2.56 bits per heavy atom. The van der Waals surface area contributed by atoms with E-state index in [9.17, 15) is 9.59 Å². The van der Waals surface area contributed by atoms with Crippen molar-refractivity contribution >= 4 is 11.9 Å². The quantitative estimate of drug-likeness (QED) is 0.683. The largest absolute Gasteiger partial charge is 0.469 e. The van der Waals surface area contributed by atoms with Gasteiger partial charge in [0.05, 0.1) is 13.5 Å². The first-order chi connectivity index (χ1) is 7.56. The van der Waals surface area contributed by atoms with Gasteiger partial charge in [-0.25, -0.2) is 0 Å². The highest BCUT2D eigenvalue weighted by atomic mass is 16.5. The predicted molar refractivity (Wildman–Crippen MR) is 60.8 cm³/mol. The number of esters is 1. The van der Waals surface area contributed by atoms with Gasteiger partial charge in [0.15, 0.2) is 0 Å². The molecule has 0 saturated heterocycles. The molecular formula is C12H21NO3. The summed E-state index contributed by atoms with van der Waals surface area (Å²) < 4.78 is 4.55. The molecule has 1 fully saturated rings. The van der Waals surface area contributed by atoms with Crippen LogP contribution >= 0.6 is 0 Å². The van der Waals surface area contributed by atoms with Crippen LogP contribution in [-0.2, 0) is 14.3 Å². The molecule has 92 valence electrons. The normalized spacial score (nSPS) is 24.2. The molecule has 0 spiro atoms. The van der Waals surface area contributed by atoms with Gasteiger partial charge in [-0.2, -0.15) is 0 Å². The summed E-state index contributed by atoms with van der Waals surface area (Å²) in [7, 11) is 3.12.